The molecule has 1 aromatic rings. The molecule has 1 fully saturated rings. The fraction of sp³-hybridized carbons (Fsp3) is 0.500. The maximum atomic E-state index is 13.6. The molecule has 1 aliphatic rings. The van der Waals surface area contributed by atoms with Crippen molar-refractivity contribution in [3.05, 3.63) is 23.8 Å². The third-order valence-corrected chi connectivity index (χ3v) is 4.96. The van der Waals surface area contributed by atoms with E-state index in [0.29, 0.717) is 6.07 Å². The number of nitrogen functional groups attached to an aromatic ring is 1. The molecule has 1 unspecified atom stereocenters. The number of rotatable bonds is 4. The van der Waals surface area contributed by atoms with Gasteiger partial charge in [0.2, 0.25) is 10.0 Å². The van der Waals surface area contributed by atoms with Gasteiger partial charge in [0, 0.05) is 18.7 Å². The molecule has 0 aliphatic carbocycles. The van der Waals surface area contributed by atoms with E-state index in [9.17, 15) is 17.2 Å². The zero-order valence-electron chi connectivity index (χ0n) is 11.1. The summed E-state index contributed by atoms with van der Waals surface area (Å²) < 4.78 is 53.0. The second-order valence-corrected chi connectivity index (χ2v) is 6.67. The third kappa shape index (κ3) is 3.08. The number of nitrogens with two attached hydrogens (primary N) is 1. The Balaban J connectivity index is 2.16. The minimum absolute atomic E-state index is 0.0885. The largest absolute Gasteiger partial charge is 0.396 e. The van der Waals surface area contributed by atoms with Crippen molar-refractivity contribution in [1.82, 2.24) is 9.62 Å². The Morgan fingerprint density at radius 1 is 1.40 bits per heavy atom. The van der Waals surface area contributed by atoms with Crippen molar-refractivity contribution in [3.63, 3.8) is 0 Å². The lowest BCUT2D eigenvalue weighted by molar-refractivity contribution is 0.310. The normalized spacial score (nSPS) is 20.4. The van der Waals surface area contributed by atoms with Crippen LogP contribution >= 0.6 is 0 Å². The quantitative estimate of drug-likeness (QED) is 0.811. The maximum absolute atomic E-state index is 13.6. The monoisotopic (exact) mass is 305 g/mol. The molecule has 5 nitrogen and oxygen atoms in total. The minimum atomic E-state index is -4.04. The molecule has 0 bridgehead atoms. The second kappa shape index (κ2) is 5.63. The molecule has 0 aromatic heterocycles. The van der Waals surface area contributed by atoms with Crippen LogP contribution in [0.15, 0.2) is 17.0 Å². The number of hydrogen-bond donors (Lipinski definition) is 2. The summed E-state index contributed by atoms with van der Waals surface area (Å²) in [6.45, 7) is 1.10. The van der Waals surface area contributed by atoms with Crippen LogP contribution in [0.5, 0.6) is 0 Å². The van der Waals surface area contributed by atoms with Gasteiger partial charge in [-0.05, 0) is 32.5 Å². The van der Waals surface area contributed by atoms with E-state index in [2.05, 4.69) is 4.72 Å². The van der Waals surface area contributed by atoms with Gasteiger partial charge in [0.05, 0.1) is 5.69 Å². The van der Waals surface area contributed by atoms with E-state index in [0.717, 1.165) is 25.5 Å². The summed E-state index contributed by atoms with van der Waals surface area (Å²) in [4.78, 5) is 1.41. The van der Waals surface area contributed by atoms with Crippen LogP contribution in [0.4, 0.5) is 14.5 Å². The van der Waals surface area contributed by atoms with Crippen LogP contribution in [-0.2, 0) is 10.0 Å². The van der Waals surface area contributed by atoms with Crippen molar-refractivity contribution in [1.29, 1.82) is 0 Å². The van der Waals surface area contributed by atoms with E-state index in [-0.39, 0.29) is 12.6 Å². The Hall–Kier alpha value is -1.25. The molecule has 0 amide bonds. The first-order chi connectivity index (χ1) is 9.31. The molecule has 1 aliphatic heterocycles. The van der Waals surface area contributed by atoms with Crippen molar-refractivity contribution in [2.75, 3.05) is 25.9 Å². The number of nitrogens with one attached hydrogen (secondary N) is 1. The van der Waals surface area contributed by atoms with E-state index in [4.69, 9.17) is 5.73 Å². The summed E-state index contributed by atoms with van der Waals surface area (Å²) in [5.74, 6) is -2.12. The summed E-state index contributed by atoms with van der Waals surface area (Å²) >= 11 is 0. The first-order valence-corrected chi connectivity index (χ1v) is 7.74. The van der Waals surface area contributed by atoms with Gasteiger partial charge in [0.1, 0.15) is 16.5 Å². The first-order valence-electron chi connectivity index (χ1n) is 6.25. The van der Waals surface area contributed by atoms with E-state index < -0.39 is 32.2 Å². The van der Waals surface area contributed by atoms with Crippen molar-refractivity contribution in [2.45, 2.75) is 23.8 Å². The minimum Gasteiger partial charge on any atom is -0.396 e. The van der Waals surface area contributed by atoms with Gasteiger partial charge < -0.3 is 10.6 Å². The Kier molecular flexibility index (Phi) is 4.26. The van der Waals surface area contributed by atoms with Crippen LogP contribution in [0.3, 0.4) is 0 Å². The molecular formula is C12H17F2N3O2S. The lowest BCUT2D eigenvalue weighted by atomic mass is 10.2. The van der Waals surface area contributed by atoms with Crippen LogP contribution in [0, 0.1) is 11.6 Å². The Morgan fingerprint density at radius 3 is 2.70 bits per heavy atom. The molecule has 1 atom stereocenters. The Morgan fingerprint density at radius 2 is 2.10 bits per heavy atom. The Bertz CT molecular complexity index is 607. The van der Waals surface area contributed by atoms with Crippen LogP contribution in [0.25, 0.3) is 0 Å². The molecule has 1 aromatic carbocycles. The molecular weight excluding hydrogens is 288 g/mol. The van der Waals surface area contributed by atoms with E-state index in [1.165, 1.54) is 0 Å². The predicted octanol–water partition coefficient (Wildman–Crippen LogP) is 0.919. The number of benzene rings is 1. The molecule has 1 heterocycles. The molecule has 0 saturated carbocycles. The summed E-state index contributed by atoms with van der Waals surface area (Å²) in [6.07, 6.45) is 1.88. The summed E-state index contributed by atoms with van der Waals surface area (Å²) in [5.41, 5.74) is 4.89. The SMILES string of the molecule is CN1CCCC1CNS(=O)(=O)c1cc(N)c(F)cc1F. The van der Waals surface area contributed by atoms with E-state index in [1.54, 1.807) is 0 Å². The van der Waals surface area contributed by atoms with Crippen molar-refractivity contribution < 1.29 is 17.2 Å². The third-order valence-electron chi connectivity index (χ3n) is 3.52. The maximum Gasteiger partial charge on any atom is 0.243 e. The highest BCUT2D eigenvalue weighted by Crippen LogP contribution is 2.21. The van der Waals surface area contributed by atoms with Crippen molar-refractivity contribution in [2.24, 2.45) is 0 Å². The molecule has 20 heavy (non-hydrogen) atoms. The molecule has 8 heteroatoms. The number of hydrogen-bond acceptors (Lipinski definition) is 4. The van der Waals surface area contributed by atoms with Gasteiger partial charge in [-0.1, -0.05) is 0 Å². The molecule has 2 rings (SSSR count). The van der Waals surface area contributed by atoms with Gasteiger partial charge in [0.15, 0.2) is 0 Å². The van der Waals surface area contributed by atoms with Gasteiger partial charge in [-0.3, -0.25) is 0 Å². The zero-order chi connectivity index (χ0) is 14.9. The van der Waals surface area contributed by atoms with Gasteiger partial charge >= 0.3 is 0 Å². The number of likely N-dealkylation sites (N-methyl/N-ethyl adjacent to an activating group) is 1. The molecule has 0 radical (unpaired) electrons. The average Bonchev–Trinajstić information content (AvgIpc) is 2.77. The number of likely N-dealkylation sites (tertiary alicyclic amines) is 1. The van der Waals surface area contributed by atoms with Crippen molar-refractivity contribution in [3.8, 4) is 0 Å². The smallest absolute Gasteiger partial charge is 0.243 e. The van der Waals surface area contributed by atoms with Gasteiger partial charge in [0.25, 0.3) is 0 Å². The average molecular weight is 305 g/mol. The lowest BCUT2D eigenvalue weighted by Gasteiger charge is -2.19. The first kappa shape index (κ1) is 15.1. The van der Waals surface area contributed by atoms with Gasteiger partial charge in [-0.25, -0.2) is 21.9 Å². The summed E-state index contributed by atoms with van der Waals surface area (Å²) in [6, 6.07) is 1.36. The second-order valence-electron chi connectivity index (χ2n) is 4.93. The highest BCUT2D eigenvalue weighted by molar-refractivity contribution is 7.89. The van der Waals surface area contributed by atoms with Crippen LogP contribution in [0.1, 0.15) is 12.8 Å². The summed E-state index contributed by atoms with van der Waals surface area (Å²) in [7, 11) is -2.13. The van der Waals surface area contributed by atoms with Gasteiger partial charge in [-0.2, -0.15) is 0 Å². The molecule has 0 spiro atoms. The van der Waals surface area contributed by atoms with Crippen LogP contribution in [-0.4, -0.2) is 39.5 Å². The zero-order valence-corrected chi connectivity index (χ0v) is 11.9. The fourth-order valence-electron chi connectivity index (χ4n) is 2.27. The Labute approximate surface area is 116 Å². The predicted molar refractivity (Wildman–Crippen MR) is 71.6 cm³/mol. The molecule has 112 valence electrons. The molecule has 1 saturated heterocycles. The number of sulfonamides is 1. The summed E-state index contributed by atoms with van der Waals surface area (Å²) in [5, 5.41) is 0. The number of halogens is 2. The fourth-order valence-corrected chi connectivity index (χ4v) is 3.44. The van der Waals surface area contributed by atoms with Crippen LogP contribution < -0.4 is 10.5 Å². The van der Waals surface area contributed by atoms with Crippen LogP contribution in [0.2, 0.25) is 0 Å². The van der Waals surface area contributed by atoms with E-state index in [1.807, 2.05) is 11.9 Å². The van der Waals surface area contributed by atoms with Gasteiger partial charge in [-0.15, -0.1) is 0 Å². The topological polar surface area (TPSA) is 75.4 Å². The number of nitrogens with zero attached hydrogens (tertiary/aromatic N) is 1. The lowest BCUT2D eigenvalue weighted by Crippen LogP contribution is -2.38. The van der Waals surface area contributed by atoms with Crippen molar-refractivity contribution >= 4 is 15.7 Å². The molecule has 3 N–H and O–H groups in total. The highest BCUT2D eigenvalue weighted by atomic mass is 32.2. The number of anilines is 1. The standard InChI is InChI=1S/C12H17F2N3O2S/c1-17-4-2-3-8(17)7-16-20(18,19)12-6-11(15)9(13)5-10(12)14/h5-6,8,16H,2-4,7,15H2,1H3. The van der Waals surface area contributed by atoms with E-state index >= 15 is 0 Å². The highest BCUT2D eigenvalue weighted by Gasteiger charge is 2.25.